The summed E-state index contributed by atoms with van der Waals surface area (Å²) in [6.07, 6.45) is 1.06. The first-order valence-corrected chi connectivity index (χ1v) is 11.0. The second-order valence-corrected chi connectivity index (χ2v) is 8.72. The molecule has 162 valence electrons. The van der Waals surface area contributed by atoms with Gasteiger partial charge in [0.25, 0.3) is 0 Å². The van der Waals surface area contributed by atoms with Gasteiger partial charge < -0.3 is 14.2 Å². The number of aliphatic imine (C=N–C) groups is 1. The van der Waals surface area contributed by atoms with Crippen LogP contribution in [0, 0.1) is 5.92 Å². The van der Waals surface area contributed by atoms with E-state index in [1.54, 1.807) is 37.7 Å². The number of carbonyl (C=O) groups is 2. The first-order chi connectivity index (χ1) is 15.0. The molecule has 2 aliphatic rings. The molecule has 1 unspecified atom stereocenters. The topological polar surface area (TPSA) is 74.2 Å². The van der Waals surface area contributed by atoms with Gasteiger partial charge in [-0.3, -0.25) is 14.6 Å². The zero-order valence-electron chi connectivity index (χ0n) is 18.0. The van der Waals surface area contributed by atoms with Crippen LogP contribution < -0.4 is 9.47 Å². The number of Topliss-reactive ketones (excluding diaryl/α,β-unsaturated/α-hetero) is 1. The van der Waals surface area contributed by atoms with Crippen LogP contribution in [-0.4, -0.2) is 38.8 Å². The largest absolute Gasteiger partial charge is 0.497 e. The van der Waals surface area contributed by atoms with Crippen LogP contribution in [0.4, 0.5) is 0 Å². The van der Waals surface area contributed by atoms with Gasteiger partial charge in [-0.15, -0.1) is 11.3 Å². The highest BCUT2D eigenvalue weighted by atomic mass is 32.1. The third kappa shape index (κ3) is 3.78. The summed E-state index contributed by atoms with van der Waals surface area (Å²) in [6.45, 7) is 1.82. The maximum atomic E-state index is 13.5. The summed E-state index contributed by atoms with van der Waals surface area (Å²) in [4.78, 5) is 32.3. The van der Waals surface area contributed by atoms with E-state index < -0.39 is 17.8 Å². The van der Waals surface area contributed by atoms with Crippen molar-refractivity contribution in [3.05, 3.63) is 57.4 Å². The van der Waals surface area contributed by atoms with Crippen molar-refractivity contribution in [2.24, 2.45) is 10.9 Å². The smallest absolute Gasteiger partial charge is 0.315 e. The third-order valence-corrected chi connectivity index (χ3v) is 7.10. The van der Waals surface area contributed by atoms with Crippen LogP contribution in [-0.2, 0) is 14.3 Å². The molecule has 0 amide bonds. The minimum absolute atomic E-state index is 0.0136. The van der Waals surface area contributed by atoms with Gasteiger partial charge in [-0.05, 0) is 43.0 Å². The maximum Gasteiger partial charge on any atom is 0.315 e. The number of hydrogen-bond donors (Lipinski definition) is 0. The second kappa shape index (κ2) is 8.67. The van der Waals surface area contributed by atoms with Crippen molar-refractivity contribution in [1.29, 1.82) is 0 Å². The summed E-state index contributed by atoms with van der Waals surface area (Å²) in [7, 11) is 4.51. The summed E-state index contributed by atoms with van der Waals surface area (Å²) in [5.74, 6) is -0.328. The van der Waals surface area contributed by atoms with E-state index in [0.29, 0.717) is 35.6 Å². The lowest BCUT2D eigenvalue weighted by atomic mass is 9.69. The summed E-state index contributed by atoms with van der Waals surface area (Å²) >= 11 is 1.65. The molecule has 31 heavy (non-hydrogen) atoms. The molecule has 0 bridgehead atoms. The normalized spacial score (nSPS) is 23.2. The fourth-order valence-electron chi connectivity index (χ4n) is 4.64. The Balaban J connectivity index is 1.89. The molecule has 0 saturated carbocycles. The first-order valence-electron chi connectivity index (χ1n) is 10.1. The maximum absolute atomic E-state index is 13.5. The lowest BCUT2D eigenvalue weighted by molar-refractivity contribution is -0.143. The van der Waals surface area contributed by atoms with Crippen LogP contribution in [0.5, 0.6) is 11.5 Å². The minimum Gasteiger partial charge on any atom is -0.497 e. The molecule has 0 N–H and O–H groups in total. The fraction of sp³-hybridized carbons (Fsp3) is 0.375. The molecule has 0 saturated heterocycles. The molecule has 7 heteroatoms. The van der Waals surface area contributed by atoms with Crippen molar-refractivity contribution >= 4 is 28.8 Å². The van der Waals surface area contributed by atoms with Crippen LogP contribution in [0.2, 0.25) is 0 Å². The summed E-state index contributed by atoms with van der Waals surface area (Å²) in [6, 6.07) is 9.49. The van der Waals surface area contributed by atoms with Crippen molar-refractivity contribution in [3.8, 4) is 11.5 Å². The summed E-state index contributed by atoms with van der Waals surface area (Å²) in [5.41, 5.74) is 2.70. The molecule has 1 aromatic carbocycles. The minimum atomic E-state index is -0.702. The van der Waals surface area contributed by atoms with Crippen LogP contribution >= 0.6 is 11.3 Å². The van der Waals surface area contributed by atoms with Gasteiger partial charge in [-0.25, -0.2) is 0 Å². The molecule has 1 aliphatic carbocycles. The first kappa shape index (κ1) is 21.3. The number of nitrogens with zero attached hydrogens (tertiary/aromatic N) is 1. The van der Waals surface area contributed by atoms with Crippen LogP contribution in [0.25, 0.3) is 0 Å². The average Bonchev–Trinajstić information content (AvgIpc) is 3.32. The molecule has 2 aromatic rings. The van der Waals surface area contributed by atoms with Gasteiger partial charge in [0.1, 0.15) is 17.4 Å². The van der Waals surface area contributed by atoms with Gasteiger partial charge >= 0.3 is 5.97 Å². The molecule has 1 aliphatic heterocycles. The highest BCUT2D eigenvalue weighted by Crippen LogP contribution is 2.49. The highest BCUT2D eigenvalue weighted by Gasteiger charge is 2.45. The number of thiophene rings is 1. The lowest BCUT2D eigenvalue weighted by Crippen LogP contribution is -2.37. The Bertz CT molecular complexity index is 1070. The van der Waals surface area contributed by atoms with Crippen molar-refractivity contribution in [2.45, 2.75) is 31.6 Å². The zero-order chi connectivity index (χ0) is 22.1. The molecule has 0 spiro atoms. The number of hydrogen-bond acceptors (Lipinski definition) is 7. The highest BCUT2D eigenvalue weighted by molar-refractivity contribution is 7.10. The molecule has 6 nitrogen and oxygen atoms in total. The summed E-state index contributed by atoms with van der Waals surface area (Å²) in [5, 5.41) is 2.02. The Kier molecular flexibility index (Phi) is 5.96. The molecule has 0 radical (unpaired) electrons. The van der Waals surface area contributed by atoms with E-state index in [0.717, 1.165) is 11.3 Å². The van der Waals surface area contributed by atoms with E-state index in [1.165, 1.54) is 12.0 Å². The van der Waals surface area contributed by atoms with E-state index in [9.17, 15) is 9.59 Å². The third-order valence-electron chi connectivity index (χ3n) is 6.06. The summed E-state index contributed by atoms with van der Waals surface area (Å²) < 4.78 is 16.1. The van der Waals surface area contributed by atoms with E-state index >= 15 is 0 Å². The molecule has 0 fully saturated rings. The van der Waals surface area contributed by atoms with E-state index in [-0.39, 0.29) is 11.7 Å². The molecule has 1 aromatic heterocycles. The van der Waals surface area contributed by atoms with Crippen molar-refractivity contribution < 1.29 is 23.8 Å². The van der Waals surface area contributed by atoms with Crippen LogP contribution in [0.3, 0.4) is 0 Å². The van der Waals surface area contributed by atoms with E-state index in [4.69, 9.17) is 19.2 Å². The number of ether oxygens (including phenoxy) is 3. The Morgan fingerprint density at radius 1 is 1.13 bits per heavy atom. The number of benzene rings is 1. The number of methoxy groups -OCH3 is 3. The van der Waals surface area contributed by atoms with Crippen molar-refractivity contribution in [2.75, 3.05) is 21.3 Å². The molecule has 4 rings (SSSR count). The Morgan fingerprint density at radius 2 is 1.94 bits per heavy atom. The standard InChI is InChI=1S/C24H25NO5S/c1-13-21(24(27)30-4)22(16-12-15(28-2)7-8-19(16)29-3)23-17(25-13)10-14(11-18(23)26)20-6-5-9-31-20/h5-9,12,14,21-22H,10-11H2,1-4H3/t14-,21?,22+/m0/s1. The van der Waals surface area contributed by atoms with E-state index in [2.05, 4.69) is 6.07 Å². The Hall–Kier alpha value is -2.93. The van der Waals surface area contributed by atoms with Crippen molar-refractivity contribution in [3.63, 3.8) is 0 Å². The monoisotopic (exact) mass is 439 g/mol. The van der Waals surface area contributed by atoms with Crippen molar-refractivity contribution in [1.82, 2.24) is 0 Å². The molecular formula is C24H25NO5S. The van der Waals surface area contributed by atoms with Gasteiger partial charge in [0.2, 0.25) is 0 Å². The molecule has 2 heterocycles. The van der Waals surface area contributed by atoms with Gasteiger partial charge in [-0.2, -0.15) is 0 Å². The number of carbonyl (C=O) groups excluding carboxylic acids is 2. The Labute approximate surface area is 185 Å². The fourth-order valence-corrected chi connectivity index (χ4v) is 5.47. The number of rotatable bonds is 5. The lowest BCUT2D eigenvalue weighted by Gasteiger charge is -2.36. The molecular weight excluding hydrogens is 414 g/mol. The van der Waals surface area contributed by atoms with Gasteiger partial charge in [0.15, 0.2) is 5.78 Å². The van der Waals surface area contributed by atoms with Crippen LogP contribution in [0.15, 0.2) is 52.0 Å². The number of esters is 1. The number of allylic oxidation sites excluding steroid dienone is 2. The van der Waals surface area contributed by atoms with Gasteiger partial charge in [-0.1, -0.05) is 6.07 Å². The SMILES string of the molecule is COC(=O)C1C(C)=NC2=C(C(=O)C[C@@H](c3cccs3)C2)[C@@H]1c1cc(OC)ccc1OC. The van der Waals surface area contributed by atoms with Gasteiger partial charge in [0.05, 0.1) is 21.3 Å². The predicted octanol–water partition coefficient (Wildman–Crippen LogP) is 4.51. The predicted molar refractivity (Wildman–Crippen MR) is 119 cm³/mol. The van der Waals surface area contributed by atoms with Gasteiger partial charge in [0, 0.05) is 45.7 Å². The number of ketones is 1. The quantitative estimate of drug-likeness (QED) is 0.641. The Morgan fingerprint density at radius 3 is 2.58 bits per heavy atom. The zero-order valence-corrected chi connectivity index (χ0v) is 18.8. The molecule has 3 atom stereocenters. The van der Waals surface area contributed by atoms with E-state index in [1.807, 2.05) is 24.4 Å². The average molecular weight is 440 g/mol. The van der Waals surface area contributed by atoms with Crippen LogP contribution in [0.1, 0.15) is 42.0 Å². The second-order valence-electron chi connectivity index (χ2n) is 7.74.